The Kier molecular flexibility index (Phi) is 6.46. The third-order valence-corrected chi connectivity index (χ3v) is 8.25. The number of sulfone groups is 1. The van der Waals surface area contributed by atoms with E-state index in [1.807, 2.05) is 18.2 Å². The second-order valence-corrected chi connectivity index (χ2v) is 13.0. The molecule has 3 N–H and O–H groups in total. The van der Waals surface area contributed by atoms with Gasteiger partial charge in [0.05, 0.1) is 34.4 Å². The molecule has 0 spiro atoms. The molecular weight excluding hydrogens is 571 g/mol. The van der Waals surface area contributed by atoms with Crippen LogP contribution < -0.4 is 5.32 Å². The van der Waals surface area contributed by atoms with Crippen molar-refractivity contribution in [1.29, 1.82) is 0 Å². The molecule has 0 bridgehead atoms. The summed E-state index contributed by atoms with van der Waals surface area (Å²) in [7, 11) is -3.20. The molecule has 216 valence electrons. The molecule has 0 saturated heterocycles. The highest BCUT2D eigenvalue weighted by atomic mass is 32.2. The van der Waals surface area contributed by atoms with E-state index in [0.717, 1.165) is 24.7 Å². The number of hydrogen-bond acceptors (Lipinski definition) is 8. The largest absolute Gasteiger partial charge is 0.335 e. The Labute approximate surface area is 245 Å². The number of fused-ring (bicyclic) bond motifs is 2. The van der Waals surface area contributed by atoms with Gasteiger partial charge in [-0.05, 0) is 66.8 Å². The Morgan fingerprint density at radius 2 is 1.93 bits per heavy atom. The van der Waals surface area contributed by atoms with Crippen molar-refractivity contribution in [2.24, 2.45) is 5.92 Å². The molecular formula is C30H25FN8O3S. The molecule has 7 rings (SSSR count). The highest BCUT2D eigenvalue weighted by Gasteiger charge is 2.29. The molecule has 1 saturated carbocycles. The first-order chi connectivity index (χ1) is 20.7. The predicted molar refractivity (Wildman–Crippen MR) is 160 cm³/mol. The average Bonchev–Trinajstić information content (AvgIpc) is 3.61. The first-order valence-corrected chi connectivity index (χ1v) is 15.7. The van der Waals surface area contributed by atoms with Crippen LogP contribution in [0.1, 0.15) is 18.4 Å². The van der Waals surface area contributed by atoms with Gasteiger partial charge in [0.15, 0.2) is 17.2 Å². The lowest BCUT2D eigenvalue weighted by Crippen LogP contribution is -2.13. The fourth-order valence-corrected chi connectivity index (χ4v) is 5.59. The number of rotatable bonds is 8. The highest BCUT2D eigenvalue weighted by Crippen LogP contribution is 2.33. The normalized spacial score (nSPS) is 13.5. The van der Waals surface area contributed by atoms with Crippen molar-refractivity contribution in [2.45, 2.75) is 19.3 Å². The number of aromatic amines is 2. The maximum Gasteiger partial charge on any atom is 0.227 e. The SMILES string of the molecule is CS(=O)(=O)CCc1cc(F)cc(-c2ccnc3nc(-c4n[nH]c5ccc(-c6cncc(NC(=O)C7CC7)c6)nc45)[nH]c23)c1. The van der Waals surface area contributed by atoms with Crippen LogP contribution in [0.5, 0.6) is 0 Å². The van der Waals surface area contributed by atoms with E-state index in [2.05, 4.69) is 35.5 Å². The lowest BCUT2D eigenvalue weighted by molar-refractivity contribution is -0.117. The number of amides is 1. The molecule has 1 fully saturated rings. The summed E-state index contributed by atoms with van der Waals surface area (Å²) in [5, 5.41) is 10.4. The van der Waals surface area contributed by atoms with Gasteiger partial charge in [0.2, 0.25) is 5.91 Å². The summed E-state index contributed by atoms with van der Waals surface area (Å²) in [5.41, 5.74) is 6.50. The van der Waals surface area contributed by atoms with Gasteiger partial charge in [-0.25, -0.2) is 27.8 Å². The van der Waals surface area contributed by atoms with Crippen molar-refractivity contribution in [3.8, 4) is 33.9 Å². The van der Waals surface area contributed by atoms with E-state index in [-0.39, 0.29) is 24.0 Å². The summed E-state index contributed by atoms with van der Waals surface area (Å²) in [4.78, 5) is 33.7. The second-order valence-electron chi connectivity index (χ2n) is 10.8. The minimum atomic E-state index is -3.20. The zero-order chi connectivity index (χ0) is 29.7. The number of carbonyl (C=O) groups excluding carboxylic acids is 1. The average molecular weight is 597 g/mol. The summed E-state index contributed by atoms with van der Waals surface area (Å²) in [6, 6.07) is 11.8. The van der Waals surface area contributed by atoms with E-state index in [9.17, 15) is 17.6 Å². The number of carbonyl (C=O) groups is 1. The Morgan fingerprint density at radius 1 is 1.07 bits per heavy atom. The van der Waals surface area contributed by atoms with E-state index in [4.69, 9.17) is 4.98 Å². The molecule has 5 aromatic heterocycles. The lowest BCUT2D eigenvalue weighted by Gasteiger charge is -2.07. The number of aryl methyl sites for hydroxylation is 1. The zero-order valence-electron chi connectivity index (χ0n) is 22.9. The minimum Gasteiger partial charge on any atom is -0.335 e. The van der Waals surface area contributed by atoms with Crippen LogP contribution in [-0.4, -0.2) is 61.5 Å². The number of imidazole rings is 1. The van der Waals surface area contributed by atoms with Gasteiger partial charge in [0.25, 0.3) is 0 Å². The van der Waals surface area contributed by atoms with E-state index >= 15 is 0 Å². The van der Waals surface area contributed by atoms with Gasteiger partial charge in [-0.15, -0.1) is 0 Å². The zero-order valence-corrected chi connectivity index (χ0v) is 23.7. The Morgan fingerprint density at radius 3 is 2.74 bits per heavy atom. The second kappa shape index (κ2) is 10.3. The van der Waals surface area contributed by atoms with Crippen molar-refractivity contribution in [3.63, 3.8) is 0 Å². The van der Waals surface area contributed by atoms with Gasteiger partial charge >= 0.3 is 0 Å². The standard InChI is InChI=1S/C30H25FN8O3S/c1-43(41,42)9-7-16-10-18(12-20(31)11-16)22-6-8-33-28-25(22)36-29(37-28)27-26-24(38-39-27)5-4-23(35-26)19-13-21(15-32-14-19)34-30(40)17-2-3-17/h4-6,8,10-15,17H,2-3,7,9H2,1H3,(H,34,40)(H,38,39)(H,33,36,37). The van der Waals surface area contributed by atoms with E-state index < -0.39 is 15.7 Å². The van der Waals surface area contributed by atoms with Crippen molar-refractivity contribution < 1.29 is 17.6 Å². The third kappa shape index (κ3) is 5.58. The number of anilines is 1. The quantitative estimate of drug-likeness (QED) is 0.228. The molecule has 0 unspecified atom stereocenters. The summed E-state index contributed by atoms with van der Waals surface area (Å²) < 4.78 is 37.9. The summed E-state index contributed by atoms with van der Waals surface area (Å²) in [5.74, 6) is -0.0458. The Balaban J connectivity index is 1.25. The maximum atomic E-state index is 14.6. The Bertz CT molecular complexity index is 2150. The van der Waals surface area contributed by atoms with Crippen LogP contribution in [0, 0.1) is 11.7 Å². The summed E-state index contributed by atoms with van der Waals surface area (Å²) >= 11 is 0. The molecule has 1 amide bonds. The van der Waals surface area contributed by atoms with Crippen LogP contribution in [-0.2, 0) is 21.1 Å². The number of halogens is 1. The fourth-order valence-electron chi connectivity index (χ4n) is 4.98. The van der Waals surface area contributed by atoms with Gasteiger partial charge in [-0.2, -0.15) is 5.10 Å². The molecule has 1 aliphatic carbocycles. The number of aromatic nitrogens is 7. The van der Waals surface area contributed by atoms with Crippen molar-refractivity contribution in [2.75, 3.05) is 17.3 Å². The van der Waals surface area contributed by atoms with Crippen LogP contribution in [0.2, 0.25) is 0 Å². The molecule has 0 aliphatic heterocycles. The van der Waals surface area contributed by atoms with Gasteiger partial charge in [-0.3, -0.25) is 14.9 Å². The van der Waals surface area contributed by atoms with Gasteiger partial charge in [0, 0.05) is 35.7 Å². The Hall–Kier alpha value is -5.04. The highest BCUT2D eigenvalue weighted by molar-refractivity contribution is 7.90. The van der Waals surface area contributed by atoms with E-state index in [0.29, 0.717) is 61.8 Å². The van der Waals surface area contributed by atoms with Crippen LogP contribution >= 0.6 is 0 Å². The number of pyridine rings is 3. The first-order valence-electron chi connectivity index (χ1n) is 13.6. The number of nitrogens with one attached hydrogen (secondary N) is 3. The van der Waals surface area contributed by atoms with Gasteiger partial charge in [0.1, 0.15) is 21.2 Å². The van der Waals surface area contributed by atoms with Crippen LogP contribution in [0.25, 0.3) is 56.1 Å². The van der Waals surface area contributed by atoms with Crippen LogP contribution in [0.4, 0.5) is 10.1 Å². The van der Waals surface area contributed by atoms with Crippen LogP contribution in [0.3, 0.4) is 0 Å². The van der Waals surface area contributed by atoms with Gasteiger partial charge < -0.3 is 10.3 Å². The van der Waals surface area contributed by atoms with Crippen molar-refractivity contribution >= 4 is 43.6 Å². The summed E-state index contributed by atoms with van der Waals surface area (Å²) in [6.07, 6.45) is 8.06. The molecule has 6 aromatic rings. The number of hydrogen-bond donors (Lipinski definition) is 3. The summed E-state index contributed by atoms with van der Waals surface area (Å²) in [6.45, 7) is 0. The molecule has 13 heteroatoms. The van der Waals surface area contributed by atoms with Crippen molar-refractivity contribution in [3.05, 3.63) is 72.4 Å². The van der Waals surface area contributed by atoms with E-state index in [1.54, 1.807) is 30.7 Å². The maximum absolute atomic E-state index is 14.6. The lowest BCUT2D eigenvalue weighted by atomic mass is 10.0. The van der Waals surface area contributed by atoms with Gasteiger partial charge in [-0.1, -0.05) is 6.07 Å². The van der Waals surface area contributed by atoms with Crippen LogP contribution in [0.15, 0.2) is 61.1 Å². The number of nitrogens with zero attached hydrogens (tertiary/aromatic N) is 5. The fraction of sp³-hybridized carbons (Fsp3) is 0.200. The smallest absolute Gasteiger partial charge is 0.227 e. The minimum absolute atomic E-state index is 0.000663. The number of benzene rings is 1. The number of H-pyrrole nitrogens is 2. The van der Waals surface area contributed by atoms with E-state index in [1.165, 1.54) is 12.1 Å². The molecule has 0 atom stereocenters. The third-order valence-electron chi connectivity index (χ3n) is 7.30. The predicted octanol–water partition coefficient (Wildman–Crippen LogP) is 4.70. The monoisotopic (exact) mass is 596 g/mol. The first kappa shape index (κ1) is 26.8. The molecule has 1 aromatic carbocycles. The molecule has 5 heterocycles. The molecule has 1 aliphatic rings. The molecule has 0 radical (unpaired) electrons. The molecule has 11 nitrogen and oxygen atoms in total. The topological polar surface area (TPSA) is 159 Å². The molecule has 43 heavy (non-hydrogen) atoms. The van der Waals surface area contributed by atoms with Crippen molar-refractivity contribution in [1.82, 2.24) is 35.1 Å².